The predicted octanol–water partition coefficient (Wildman–Crippen LogP) is 3.13. The van der Waals surface area contributed by atoms with Crippen molar-refractivity contribution in [3.63, 3.8) is 0 Å². The minimum Gasteiger partial charge on any atom is -0.481 e. The lowest BCUT2D eigenvalue weighted by Gasteiger charge is -2.26. The van der Waals surface area contributed by atoms with Crippen LogP contribution in [0.2, 0.25) is 0 Å². The quantitative estimate of drug-likeness (QED) is 0.757. The molecule has 1 fully saturated rings. The van der Waals surface area contributed by atoms with Gasteiger partial charge < -0.3 is 14.8 Å². The maximum Gasteiger partial charge on any atom is 0.261 e. The first-order chi connectivity index (χ1) is 13.6. The smallest absolute Gasteiger partial charge is 0.261 e. The zero-order valence-corrected chi connectivity index (χ0v) is 16.2. The van der Waals surface area contributed by atoms with E-state index in [9.17, 15) is 9.18 Å². The van der Waals surface area contributed by atoms with Gasteiger partial charge in [-0.3, -0.25) is 9.69 Å². The largest absolute Gasteiger partial charge is 0.481 e. The van der Waals surface area contributed by atoms with Gasteiger partial charge in [0.05, 0.1) is 13.2 Å². The van der Waals surface area contributed by atoms with Crippen molar-refractivity contribution in [3.8, 4) is 5.75 Å². The van der Waals surface area contributed by atoms with Crippen LogP contribution in [0.1, 0.15) is 24.5 Å². The summed E-state index contributed by atoms with van der Waals surface area (Å²) in [5.74, 6) is -0.0259. The van der Waals surface area contributed by atoms with E-state index in [1.807, 2.05) is 19.1 Å². The third kappa shape index (κ3) is 6.04. The first-order valence-corrected chi connectivity index (χ1v) is 9.72. The van der Waals surface area contributed by atoms with Crippen LogP contribution in [0.5, 0.6) is 5.75 Å². The molecule has 150 valence electrons. The van der Waals surface area contributed by atoms with E-state index >= 15 is 0 Å². The number of amides is 1. The Morgan fingerprint density at radius 1 is 1.11 bits per heavy atom. The average Bonchev–Trinajstić information content (AvgIpc) is 2.73. The molecule has 0 radical (unpaired) electrons. The maximum atomic E-state index is 13.0. The number of nitrogens with one attached hydrogen (secondary N) is 1. The van der Waals surface area contributed by atoms with Gasteiger partial charge in [-0.05, 0) is 41.8 Å². The fourth-order valence-electron chi connectivity index (χ4n) is 3.08. The maximum absolute atomic E-state index is 13.0. The highest BCUT2D eigenvalue weighted by Gasteiger charge is 2.18. The number of carbonyl (C=O) groups excluding carboxylic acids is 1. The van der Waals surface area contributed by atoms with Gasteiger partial charge in [-0.25, -0.2) is 4.39 Å². The molecule has 6 heteroatoms. The van der Waals surface area contributed by atoms with Gasteiger partial charge in [0.2, 0.25) is 0 Å². The van der Waals surface area contributed by atoms with E-state index in [0.717, 1.165) is 38.4 Å². The second-order valence-electron chi connectivity index (χ2n) is 6.89. The summed E-state index contributed by atoms with van der Waals surface area (Å²) in [6.07, 6.45) is -0.0760. The Hall–Kier alpha value is -2.44. The SMILES string of the molecule is CC[C@@H](Oc1ccc(F)cc1)C(=O)NCc1ccc(CN2CCOCC2)cc1. The standard InChI is InChI=1S/C22H27FN2O3/c1-2-21(28-20-9-7-19(23)8-10-20)22(26)24-15-17-3-5-18(6-4-17)16-25-11-13-27-14-12-25/h3-10,21H,2,11-16H2,1H3,(H,24,26)/t21-/m1/s1. The van der Waals surface area contributed by atoms with Gasteiger partial charge in [0.25, 0.3) is 5.91 Å². The fourth-order valence-corrected chi connectivity index (χ4v) is 3.08. The molecule has 0 aromatic heterocycles. The Labute approximate surface area is 165 Å². The number of nitrogens with zero attached hydrogens (tertiary/aromatic N) is 1. The zero-order valence-electron chi connectivity index (χ0n) is 16.2. The molecular formula is C22H27FN2O3. The molecule has 2 aromatic carbocycles. The number of rotatable bonds is 8. The molecule has 1 heterocycles. The number of carbonyl (C=O) groups is 1. The van der Waals surface area contributed by atoms with E-state index in [2.05, 4.69) is 22.3 Å². The molecule has 1 N–H and O–H groups in total. The monoisotopic (exact) mass is 386 g/mol. The first kappa shape index (κ1) is 20.3. The lowest BCUT2D eigenvalue weighted by atomic mass is 10.1. The number of ether oxygens (including phenoxy) is 2. The summed E-state index contributed by atoms with van der Waals surface area (Å²) in [5, 5.41) is 2.92. The Bertz CT molecular complexity index is 743. The third-order valence-corrected chi connectivity index (χ3v) is 4.75. The Balaban J connectivity index is 1.47. The van der Waals surface area contributed by atoms with Gasteiger partial charge in [-0.1, -0.05) is 31.2 Å². The van der Waals surface area contributed by atoms with Crippen LogP contribution >= 0.6 is 0 Å². The van der Waals surface area contributed by atoms with Crippen LogP contribution in [0, 0.1) is 5.82 Å². The highest BCUT2D eigenvalue weighted by Crippen LogP contribution is 2.15. The van der Waals surface area contributed by atoms with E-state index in [1.54, 1.807) is 0 Å². The molecule has 1 atom stereocenters. The van der Waals surface area contributed by atoms with Crippen molar-refractivity contribution >= 4 is 5.91 Å². The molecule has 0 saturated carbocycles. The third-order valence-electron chi connectivity index (χ3n) is 4.75. The summed E-state index contributed by atoms with van der Waals surface area (Å²) in [7, 11) is 0. The first-order valence-electron chi connectivity index (χ1n) is 9.72. The highest BCUT2D eigenvalue weighted by molar-refractivity contribution is 5.81. The van der Waals surface area contributed by atoms with E-state index in [0.29, 0.717) is 18.7 Å². The zero-order chi connectivity index (χ0) is 19.8. The summed E-state index contributed by atoms with van der Waals surface area (Å²) in [4.78, 5) is 14.8. The van der Waals surface area contributed by atoms with E-state index in [1.165, 1.54) is 29.8 Å². The van der Waals surface area contributed by atoms with Crippen molar-refractivity contribution in [2.45, 2.75) is 32.5 Å². The summed E-state index contributed by atoms with van der Waals surface area (Å²) in [6.45, 7) is 6.76. The normalized spacial score (nSPS) is 15.8. The van der Waals surface area contributed by atoms with Crippen LogP contribution in [0.25, 0.3) is 0 Å². The van der Waals surface area contributed by atoms with Crippen LogP contribution in [-0.2, 0) is 22.6 Å². The van der Waals surface area contributed by atoms with Crippen LogP contribution in [0.15, 0.2) is 48.5 Å². The lowest BCUT2D eigenvalue weighted by molar-refractivity contribution is -0.128. The number of morpholine rings is 1. The average molecular weight is 386 g/mol. The number of halogens is 1. The van der Waals surface area contributed by atoms with E-state index in [4.69, 9.17) is 9.47 Å². The summed E-state index contributed by atoms with van der Waals surface area (Å²) in [6, 6.07) is 14.0. The van der Waals surface area contributed by atoms with Gasteiger partial charge >= 0.3 is 0 Å². The van der Waals surface area contributed by atoms with Gasteiger partial charge in [-0.15, -0.1) is 0 Å². The molecule has 28 heavy (non-hydrogen) atoms. The molecule has 1 amide bonds. The molecule has 2 aromatic rings. The van der Waals surface area contributed by atoms with Crippen LogP contribution in [0.3, 0.4) is 0 Å². The minimum absolute atomic E-state index is 0.177. The predicted molar refractivity (Wildman–Crippen MR) is 105 cm³/mol. The van der Waals surface area contributed by atoms with Crippen molar-refractivity contribution in [2.24, 2.45) is 0 Å². The topological polar surface area (TPSA) is 50.8 Å². The second kappa shape index (κ2) is 10.2. The molecule has 3 rings (SSSR count). The van der Waals surface area contributed by atoms with Gasteiger partial charge in [-0.2, -0.15) is 0 Å². The Kier molecular flexibility index (Phi) is 7.39. The molecule has 1 saturated heterocycles. The minimum atomic E-state index is -0.606. The molecule has 0 bridgehead atoms. The van der Waals surface area contributed by atoms with E-state index < -0.39 is 6.10 Å². The lowest BCUT2D eigenvalue weighted by Crippen LogP contribution is -2.37. The Morgan fingerprint density at radius 3 is 2.39 bits per heavy atom. The van der Waals surface area contributed by atoms with Crippen molar-refractivity contribution in [3.05, 3.63) is 65.5 Å². The molecule has 0 spiro atoms. The number of benzene rings is 2. The number of hydrogen-bond acceptors (Lipinski definition) is 4. The Morgan fingerprint density at radius 2 is 1.75 bits per heavy atom. The summed E-state index contributed by atoms with van der Waals surface area (Å²) >= 11 is 0. The van der Waals surface area contributed by atoms with Crippen molar-refractivity contribution in [1.82, 2.24) is 10.2 Å². The van der Waals surface area contributed by atoms with Crippen molar-refractivity contribution in [2.75, 3.05) is 26.3 Å². The summed E-state index contributed by atoms with van der Waals surface area (Å²) < 4.78 is 24.0. The highest BCUT2D eigenvalue weighted by atomic mass is 19.1. The molecule has 5 nitrogen and oxygen atoms in total. The van der Waals surface area contributed by atoms with E-state index in [-0.39, 0.29) is 11.7 Å². The van der Waals surface area contributed by atoms with Crippen LogP contribution in [0.4, 0.5) is 4.39 Å². The molecule has 1 aliphatic heterocycles. The molecular weight excluding hydrogens is 359 g/mol. The van der Waals surface area contributed by atoms with Gasteiger partial charge in [0.1, 0.15) is 11.6 Å². The fraction of sp³-hybridized carbons (Fsp3) is 0.409. The van der Waals surface area contributed by atoms with Crippen LogP contribution < -0.4 is 10.1 Å². The molecule has 0 unspecified atom stereocenters. The second-order valence-corrected chi connectivity index (χ2v) is 6.89. The van der Waals surface area contributed by atoms with Crippen molar-refractivity contribution < 1.29 is 18.7 Å². The van der Waals surface area contributed by atoms with Gasteiger partial charge in [0.15, 0.2) is 6.10 Å². The number of hydrogen-bond donors (Lipinski definition) is 1. The van der Waals surface area contributed by atoms with Crippen LogP contribution in [-0.4, -0.2) is 43.2 Å². The van der Waals surface area contributed by atoms with Gasteiger partial charge in [0, 0.05) is 26.2 Å². The molecule has 0 aliphatic carbocycles. The summed E-state index contributed by atoms with van der Waals surface area (Å²) in [5.41, 5.74) is 2.29. The molecule has 1 aliphatic rings. The van der Waals surface area contributed by atoms with Crippen molar-refractivity contribution in [1.29, 1.82) is 0 Å².